The van der Waals surface area contributed by atoms with Gasteiger partial charge in [0, 0.05) is 18.7 Å². The van der Waals surface area contributed by atoms with Crippen LogP contribution in [0.5, 0.6) is 5.75 Å². The molecule has 0 aliphatic rings. The Labute approximate surface area is 197 Å². The van der Waals surface area contributed by atoms with Gasteiger partial charge in [0.1, 0.15) is 11.6 Å². The number of nitrogens with zero attached hydrogens (tertiary/aromatic N) is 4. The number of rotatable bonds is 11. The maximum absolute atomic E-state index is 5.19. The predicted molar refractivity (Wildman–Crippen MR) is 134 cm³/mol. The minimum absolute atomic E-state index is 0. The minimum Gasteiger partial charge on any atom is -0.497 e. The van der Waals surface area contributed by atoms with Crippen molar-refractivity contribution in [2.24, 2.45) is 4.99 Å². The molecule has 1 unspecified atom stereocenters. The van der Waals surface area contributed by atoms with E-state index in [0.29, 0.717) is 18.4 Å². The van der Waals surface area contributed by atoms with Crippen LogP contribution in [0.15, 0.2) is 29.3 Å². The molecule has 0 saturated heterocycles. The lowest BCUT2D eigenvalue weighted by atomic mass is 10.2. The van der Waals surface area contributed by atoms with Gasteiger partial charge in [-0.15, -0.1) is 24.0 Å². The van der Waals surface area contributed by atoms with Crippen LogP contribution in [0.2, 0.25) is 0 Å². The summed E-state index contributed by atoms with van der Waals surface area (Å²) in [4.78, 5) is 11.3. The summed E-state index contributed by atoms with van der Waals surface area (Å²) in [5, 5.41) is 14.0. The summed E-state index contributed by atoms with van der Waals surface area (Å²) in [6, 6.07) is 8.04. The van der Waals surface area contributed by atoms with Crippen LogP contribution in [0.25, 0.3) is 11.4 Å². The molecule has 1 aromatic heterocycles. The smallest absolute Gasteiger partial charge is 0.191 e. The van der Waals surface area contributed by atoms with Crippen LogP contribution in [0.4, 0.5) is 0 Å². The van der Waals surface area contributed by atoms with Gasteiger partial charge >= 0.3 is 0 Å². The maximum atomic E-state index is 5.19. The van der Waals surface area contributed by atoms with Gasteiger partial charge in [0.25, 0.3) is 0 Å². The van der Waals surface area contributed by atoms with E-state index in [0.717, 1.165) is 49.2 Å². The number of halogens is 1. The number of methoxy groups -OCH3 is 1. The van der Waals surface area contributed by atoms with Gasteiger partial charge in [-0.25, -0.2) is 4.98 Å². The molecule has 0 aliphatic heterocycles. The Bertz CT molecular complexity index is 744. The van der Waals surface area contributed by atoms with E-state index in [-0.39, 0.29) is 24.0 Å². The summed E-state index contributed by atoms with van der Waals surface area (Å²) < 4.78 is 5.19. The second kappa shape index (κ2) is 14.2. The second-order valence-corrected chi connectivity index (χ2v) is 6.97. The lowest BCUT2D eigenvalue weighted by Crippen LogP contribution is -2.42. The van der Waals surface area contributed by atoms with Crippen LogP contribution < -0.4 is 15.4 Å². The number of hydrogen-bond donors (Lipinski definition) is 3. The molecule has 0 saturated carbocycles. The number of benzene rings is 1. The highest BCUT2D eigenvalue weighted by atomic mass is 127. The van der Waals surface area contributed by atoms with E-state index in [1.807, 2.05) is 24.3 Å². The van der Waals surface area contributed by atoms with Crippen molar-refractivity contribution >= 4 is 29.9 Å². The number of ether oxygens (including phenoxy) is 1. The molecule has 30 heavy (non-hydrogen) atoms. The van der Waals surface area contributed by atoms with Gasteiger partial charge in [0.05, 0.1) is 13.7 Å². The highest BCUT2D eigenvalue weighted by molar-refractivity contribution is 14.0. The van der Waals surface area contributed by atoms with Gasteiger partial charge in [-0.3, -0.25) is 10.1 Å². The van der Waals surface area contributed by atoms with Crippen molar-refractivity contribution in [1.82, 2.24) is 30.7 Å². The fourth-order valence-electron chi connectivity index (χ4n) is 3.07. The standard InChI is InChI=1S/C21H35N7O.HI/c1-6-28(7-2)14-8-9-16(3)24-21(22-4)23-15-19-25-20(27-26-19)17-10-12-18(29-5)13-11-17;/h10-13,16H,6-9,14-15H2,1-5H3,(H2,22,23,24)(H,25,26,27);1H. The summed E-state index contributed by atoms with van der Waals surface area (Å²) in [7, 11) is 3.43. The third-order valence-electron chi connectivity index (χ3n) is 4.92. The molecule has 0 radical (unpaired) electrons. The molecule has 1 atom stereocenters. The Morgan fingerprint density at radius 1 is 1.23 bits per heavy atom. The molecule has 8 nitrogen and oxygen atoms in total. The zero-order valence-corrected chi connectivity index (χ0v) is 21.1. The number of nitrogens with one attached hydrogen (secondary N) is 3. The molecular formula is C21H36IN7O. The number of aliphatic imine (C=N–C) groups is 1. The van der Waals surface area contributed by atoms with E-state index in [1.54, 1.807) is 14.2 Å². The minimum atomic E-state index is 0. The first-order valence-electron chi connectivity index (χ1n) is 10.3. The van der Waals surface area contributed by atoms with Crippen LogP contribution in [-0.4, -0.2) is 65.9 Å². The number of aromatic nitrogens is 3. The summed E-state index contributed by atoms with van der Waals surface area (Å²) in [6.07, 6.45) is 2.27. The van der Waals surface area contributed by atoms with Crippen LogP contribution in [0.1, 0.15) is 39.4 Å². The van der Waals surface area contributed by atoms with Gasteiger partial charge < -0.3 is 20.3 Å². The normalized spacial score (nSPS) is 12.4. The molecule has 3 N–H and O–H groups in total. The van der Waals surface area contributed by atoms with Gasteiger partial charge in [-0.2, -0.15) is 5.10 Å². The van der Waals surface area contributed by atoms with E-state index in [9.17, 15) is 0 Å². The highest BCUT2D eigenvalue weighted by Crippen LogP contribution is 2.18. The average Bonchev–Trinajstić information content (AvgIpc) is 3.23. The van der Waals surface area contributed by atoms with Crippen molar-refractivity contribution in [3.63, 3.8) is 0 Å². The lowest BCUT2D eigenvalue weighted by molar-refractivity contribution is 0.292. The average molecular weight is 529 g/mol. The lowest BCUT2D eigenvalue weighted by Gasteiger charge is -2.21. The Kier molecular flexibility index (Phi) is 12.4. The van der Waals surface area contributed by atoms with Crippen LogP contribution >= 0.6 is 24.0 Å². The molecule has 0 amide bonds. The zero-order valence-electron chi connectivity index (χ0n) is 18.7. The van der Waals surface area contributed by atoms with Crippen LogP contribution in [0, 0.1) is 0 Å². The fourth-order valence-corrected chi connectivity index (χ4v) is 3.07. The highest BCUT2D eigenvalue weighted by Gasteiger charge is 2.09. The Hall–Kier alpha value is -1.88. The summed E-state index contributed by atoms with van der Waals surface area (Å²) in [5.74, 6) is 3.00. The second-order valence-electron chi connectivity index (χ2n) is 6.97. The van der Waals surface area contributed by atoms with Crippen molar-refractivity contribution in [3.8, 4) is 17.1 Å². The molecule has 9 heteroatoms. The third kappa shape index (κ3) is 8.47. The van der Waals surface area contributed by atoms with Crippen LogP contribution in [-0.2, 0) is 6.54 Å². The third-order valence-corrected chi connectivity index (χ3v) is 4.92. The van der Waals surface area contributed by atoms with E-state index in [2.05, 4.69) is 56.5 Å². The van der Waals surface area contributed by atoms with E-state index >= 15 is 0 Å². The first-order chi connectivity index (χ1) is 14.1. The Balaban J connectivity index is 0.00000450. The molecule has 0 aliphatic carbocycles. The summed E-state index contributed by atoms with van der Waals surface area (Å²) >= 11 is 0. The molecule has 2 rings (SSSR count). The van der Waals surface area contributed by atoms with E-state index in [4.69, 9.17) is 4.74 Å². The Morgan fingerprint density at radius 2 is 1.93 bits per heavy atom. The number of H-pyrrole nitrogens is 1. The summed E-state index contributed by atoms with van der Waals surface area (Å²) in [5.41, 5.74) is 0.942. The number of aromatic amines is 1. The first kappa shape index (κ1) is 26.2. The predicted octanol–water partition coefficient (Wildman–Crippen LogP) is 3.27. The molecule has 0 bridgehead atoms. The molecule has 1 aromatic carbocycles. The van der Waals surface area contributed by atoms with Gasteiger partial charge in [-0.05, 0) is 63.7 Å². The van der Waals surface area contributed by atoms with E-state index < -0.39 is 0 Å². The topological polar surface area (TPSA) is 90.5 Å². The summed E-state index contributed by atoms with van der Waals surface area (Å²) in [6.45, 7) is 10.5. The monoisotopic (exact) mass is 529 g/mol. The molecule has 1 heterocycles. The van der Waals surface area contributed by atoms with Crippen molar-refractivity contribution in [1.29, 1.82) is 0 Å². The quantitative estimate of drug-likeness (QED) is 0.235. The van der Waals surface area contributed by atoms with Crippen LogP contribution in [0.3, 0.4) is 0 Å². The van der Waals surface area contributed by atoms with Crippen molar-refractivity contribution in [2.75, 3.05) is 33.8 Å². The van der Waals surface area contributed by atoms with Gasteiger partial charge in [-0.1, -0.05) is 13.8 Å². The molecular weight excluding hydrogens is 493 g/mol. The van der Waals surface area contributed by atoms with Crippen molar-refractivity contribution in [3.05, 3.63) is 30.1 Å². The SMILES string of the molecule is CCN(CC)CCCC(C)NC(=NC)NCc1nc(-c2ccc(OC)cc2)n[nH]1.I. The van der Waals surface area contributed by atoms with E-state index in [1.165, 1.54) is 6.42 Å². The molecule has 2 aromatic rings. The Morgan fingerprint density at radius 3 is 2.53 bits per heavy atom. The van der Waals surface area contributed by atoms with Gasteiger partial charge in [0.15, 0.2) is 11.8 Å². The largest absolute Gasteiger partial charge is 0.497 e. The zero-order chi connectivity index (χ0) is 21.1. The van der Waals surface area contributed by atoms with Gasteiger partial charge in [0.2, 0.25) is 0 Å². The number of hydrogen-bond acceptors (Lipinski definition) is 5. The molecule has 168 valence electrons. The number of guanidine groups is 1. The first-order valence-corrected chi connectivity index (χ1v) is 10.3. The van der Waals surface area contributed by atoms with Crippen molar-refractivity contribution in [2.45, 2.75) is 46.2 Å². The fraction of sp³-hybridized carbons (Fsp3) is 0.571. The molecule has 0 fully saturated rings. The maximum Gasteiger partial charge on any atom is 0.191 e. The molecule has 0 spiro atoms. The van der Waals surface area contributed by atoms with Crippen molar-refractivity contribution < 1.29 is 4.74 Å².